The van der Waals surface area contributed by atoms with E-state index in [1.54, 1.807) is 0 Å². The van der Waals surface area contributed by atoms with Crippen LogP contribution in [-0.4, -0.2) is 29.2 Å². The van der Waals surface area contributed by atoms with Gasteiger partial charge in [0, 0.05) is 19.6 Å². The Kier molecular flexibility index (Phi) is 2.26. The highest BCUT2D eigenvalue weighted by Gasteiger charge is 2.47. The van der Waals surface area contributed by atoms with Crippen LogP contribution in [0.2, 0.25) is 0 Å². The maximum absolute atomic E-state index is 9.83. The second-order valence-electron chi connectivity index (χ2n) is 4.91. The maximum atomic E-state index is 9.83. The van der Waals surface area contributed by atoms with Gasteiger partial charge in [0.1, 0.15) is 0 Å². The second-order valence-corrected chi connectivity index (χ2v) is 4.91. The van der Waals surface area contributed by atoms with Gasteiger partial charge in [-0.15, -0.1) is 0 Å². The van der Waals surface area contributed by atoms with Crippen LogP contribution < -0.4 is 0 Å². The number of nitrogens with zero attached hydrogens (tertiary/aromatic N) is 1. The molecule has 80 valence electrons. The van der Waals surface area contributed by atoms with E-state index >= 15 is 0 Å². The van der Waals surface area contributed by atoms with Crippen molar-refractivity contribution in [3.8, 4) is 0 Å². The van der Waals surface area contributed by atoms with Crippen LogP contribution in [0.3, 0.4) is 0 Å². The van der Waals surface area contributed by atoms with Crippen molar-refractivity contribution in [2.45, 2.75) is 19.1 Å². The molecular weight excluding hydrogens is 186 g/mol. The van der Waals surface area contributed by atoms with Crippen molar-refractivity contribution in [2.24, 2.45) is 11.8 Å². The lowest BCUT2D eigenvalue weighted by atomic mass is 10.1. The lowest BCUT2D eigenvalue weighted by molar-refractivity contribution is 0.0570. The molecular formula is C13H17NO. The van der Waals surface area contributed by atoms with Gasteiger partial charge in [0.2, 0.25) is 0 Å². The largest absolute Gasteiger partial charge is 0.391 e. The predicted octanol–water partition coefficient (Wildman–Crippen LogP) is 1.50. The molecule has 0 unspecified atom stereocenters. The monoisotopic (exact) mass is 203 g/mol. The summed E-state index contributed by atoms with van der Waals surface area (Å²) in [6.07, 6.45) is 1.17. The van der Waals surface area contributed by atoms with Gasteiger partial charge in [-0.25, -0.2) is 0 Å². The zero-order chi connectivity index (χ0) is 10.3. The van der Waals surface area contributed by atoms with Crippen LogP contribution in [0.1, 0.15) is 12.0 Å². The Labute approximate surface area is 90.5 Å². The molecule has 1 saturated carbocycles. The minimum absolute atomic E-state index is 0.0764. The van der Waals surface area contributed by atoms with Crippen molar-refractivity contribution < 1.29 is 5.11 Å². The number of likely N-dealkylation sites (tertiary alicyclic amines) is 1. The van der Waals surface area contributed by atoms with Gasteiger partial charge in [-0.3, -0.25) is 4.90 Å². The first-order valence-corrected chi connectivity index (χ1v) is 5.77. The Morgan fingerprint density at radius 1 is 1.20 bits per heavy atom. The van der Waals surface area contributed by atoms with Crippen LogP contribution in [-0.2, 0) is 6.54 Å². The van der Waals surface area contributed by atoms with Crippen LogP contribution in [0, 0.1) is 11.8 Å². The molecule has 0 bridgehead atoms. The van der Waals surface area contributed by atoms with E-state index in [2.05, 4.69) is 29.2 Å². The molecule has 2 fully saturated rings. The molecule has 1 N–H and O–H groups in total. The van der Waals surface area contributed by atoms with E-state index in [9.17, 15) is 5.11 Å². The minimum atomic E-state index is -0.0764. The van der Waals surface area contributed by atoms with Crippen molar-refractivity contribution in [3.63, 3.8) is 0 Å². The van der Waals surface area contributed by atoms with Crippen molar-refractivity contribution in [1.29, 1.82) is 0 Å². The van der Waals surface area contributed by atoms with Gasteiger partial charge in [-0.1, -0.05) is 30.3 Å². The Hall–Kier alpha value is -0.860. The SMILES string of the molecule is O[C@@H]1CN(Cc2ccccc2)C[C@@H]2C[C@@H]21. The first-order chi connectivity index (χ1) is 7.33. The van der Waals surface area contributed by atoms with E-state index in [0.29, 0.717) is 5.92 Å². The number of benzene rings is 1. The molecule has 1 aliphatic heterocycles. The summed E-state index contributed by atoms with van der Waals surface area (Å²) in [5.41, 5.74) is 1.35. The Morgan fingerprint density at radius 3 is 2.73 bits per heavy atom. The van der Waals surface area contributed by atoms with Crippen LogP contribution in [0.4, 0.5) is 0 Å². The number of hydrogen-bond donors (Lipinski definition) is 1. The summed E-state index contributed by atoms with van der Waals surface area (Å²) in [6.45, 7) is 3.02. The highest BCUT2D eigenvalue weighted by Crippen LogP contribution is 2.45. The lowest BCUT2D eigenvalue weighted by Crippen LogP contribution is -2.39. The molecule has 0 amide bonds. The number of rotatable bonds is 2. The highest BCUT2D eigenvalue weighted by molar-refractivity contribution is 5.15. The van der Waals surface area contributed by atoms with E-state index in [1.165, 1.54) is 18.5 Å². The molecule has 15 heavy (non-hydrogen) atoms. The molecule has 1 aromatic rings. The fraction of sp³-hybridized carbons (Fsp3) is 0.538. The third-order valence-corrected chi connectivity index (χ3v) is 3.66. The third kappa shape index (κ3) is 1.92. The number of β-amino-alcohol motifs (C(OH)–C–C–N with tert-alkyl or cyclic N) is 1. The first kappa shape index (κ1) is 9.37. The van der Waals surface area contributed by atoms with Crippen LogP contribution in [0.25, 0.3) is 0 Å². The minimum Gasteiger partial charge on any atom is -0.391 e. The first-order valence-electron chi connectivity index (χ1n) is 5.77. The van der Waals surface area contributed by atoms with Crippen molar-refractivity contribution in [3.05, 3.63) is 35.9 Å². The standard InChI is InChI=1S/C13H17NO/c15-13-9-14(8-11-6-12(11)13)7-10-4-2-1-3-5-10/h1-5,11-13,15H,6-9H2/t11-,12-,13+/m0/s1. The number of aliphatic hydroxyl groups excluding tert-OH is 1. The average Bonchev–Trinajstić information content (AvgIpc) is 2.99. The normalized spacial score (nSPS) is 34.9. The van der Waals surface area contributed by atoms with E-state index in [-0.39, 0.29) is 6.10 Å². The molecule has 3 atom stereocenters. The predicted molar refractivity (Wildman–Crippen MR) is 59.3 cm³/mol. The number of aliphatic hydroxyl groups is 1. The van der Waals surface area contributed by atoms with Gasteiger partial charge in [0.05, 0.1) is 6.10 Å². The van der Waals surface area contributed by atoms with Crippen LogP contribution >= 0.6 is 0 Å². The third-order valence-electron chi connectivity index (χ3n) is 3.66. The molecule has 1 saturated heterocycles. The Morgan fingerprint density at radius 2 is 2.00 bits per heavy atom. The van der Waals surface area contributed by atoms with E-state index in [1.807, 2.05) is 6.07 Å². The second kappa shape index (κ2) is 3.62. The molecule has 0 spiro atoms. The summed E-state index contributed by atoms with van der Waals surface area (Å²) in [5.74, 6) is 1.40. The van der Waals surface area contributed by atoms with Crippen molar-refractivity contribution in [2.75, 3.05) is 13.1 Å². The van der Waals surface area contributed by atoms with Gasteiger partial charge < -0.3 is 5.11 Å². The zero-order valence-electron chi connectivity index (χ0n) is 8.84. The van der Waals surface area contributed by atoms with Crippen LogP contribution in [0.5, 0.6) is 0 Å². The summed E-state index contributed by atoms with van der Waals surface area (Å²) >= 11 is 0. The van der Waals surface area contributed by atoms with Crippen LogP contribution in [0.15, 0.2) is 30.3 Å². The maximum Gasteiger partial charge on any atom is 0.0698 e. The van der Waals surface area contributed by atoms with E-state index in [4.69, 9.17) is 0 Å². The van der Waals surface area contributed by atoms with Gasteiger partial charge in [-0.05, 0) is 23.8 Å². The topological polar surface area (TPSA) is 23.5 Å². The molecule has 2 nitrogen and oxygen atoms in total. The average molecular weight is 203 g/mol. The lowest BCUT2D eigenvalue weighted by Gasteiger charge is -2.29. The Balaban J connectivity index is 1.64. The van der Waals surface area contributed by atoms with Gasteiger partial charge in [-0.2, -0.15) is 0 Å². The summed E-state index contributed by atoms with van der Waals surface area (Å²) in [7, 11) is 0. The molecule has 3 rings (SSSR count). The summed E-state index contributed by atoms with van der Waals surface area (Å²) in [5, 5.41) is 9.83. The smallest absolute Gasteiger partial charge is 0.0698 e. The summed E-state index contributed by atoms with van der Waals surface area (Å²) < 4.78 is 0. The fourth-order valence-electron chi connectivity index (χ4n) is 2.73. The molecule has 1 heterocycles. The molecule has 1 aliphatic carbocycles. The summed E-state index contributed by atoms with van der Waals surface area (Å²) in [4.78, 5) is 2.38. The number of piperidine rings is 1. The molecule has 0 aromatic heterocycles. The molecule has 2 aliphatic rings. The Bertz CT molecular complexity index is 338. The summed E-state index contributed by atoms with van der Waals surface area (Å²) in [6, 6.07) is 10.5. The molecule has 1 aromatic carbocycles. The molecule has 2 heteroatoms. The van der Waals surface area contributed by atoms with Gasteiger partial charge in [0.25, 0.3) is 0 Å². The highest BCUT2D eigenvalue weighted by atomic mass is 16.3. The fourth-order valence-corrected chi connectivity index (χ4v) is 2.73. The number of fused-ring (bicyclic) bond motifs is 1. The van der Waals surface area contributed by atoms with E-state index < -0.39 is 0 Å². The van der Waals surface area contributed by atoms with Gasteiger partial charge >= 0.3 is 0 Å². The van der Waals surface area contributed by atoms with Crippen molar-refractivity contribution in [1.82, 2.24) is 4.90 Å². The quantitative estimate of drug-likeness (QED) is 0.787. The number of hydrogen-bond acceptors (Lipinski definition) is 2. The van der Waals surface area contributed by atoms with Gasteiger partial charge in [0.15, 0.2) is 0 Å². The van der Waals surface area contributed by atoms with Crippen molar-refractivity contribution >= 4 is 0 Å². The van der Waals surface area contributed by atoms with E-state index in [0.717, 1.165) is 19.0 Å². The zero-order valence-corrected chi connectivity index (χ0v) is 8.84. The molecule has 0 radical (unpaired) electrons.